The van der Waals surface area contributed by atoms with Crippen molar-refractivity contribution in [2.45, 2.75) is 6.54 Å². The summed E-state index contributed by atoms with van der Waals surface area (Å²) in [5.74, 6) is -0.309. The molecule has 0 radical (unpaired) electrons. The van der Waals surface area contributed by atoms with E-state index in [2.05, 4.69) is 36.4 Å². The summed E-state index contributed by atoms with van der Waals surface area (Å²) in [6.45, 7) is 0.635. The fraction of sp³-hybridized carbons (Fsp3) is 0.0952. The molecule has 0 aliphatic carbocycles. The fourth-order valence-corrected chi connectivity index (χ4v) is 3.19. The molecule has 0 bridgehead atoms. The summed E-state index contributed by atoms with van der Waals surface area (Å²) in [6.07, 6.45) is 2.03. The lowest BCUT2D eigenvalue weighted by molar-refractivity contribution is 0.0591. The first-order valence-electron chi connectivity index (χ1n) is 7.90. The molecule has 4 rings (SSSR count). The summed E-state index contributed by atoms with van der Waals surface area (Å²) in [6, 6.07) is 22.5. The number of carbonyl (C=O) groups excluding carboxylic acids is 1. The van der Waals surface area contributed by atoms with Crippen molar-refractivity contribution < 1.29 is 9.53 Å². The van der Waals surface area contributed by atoms with Gasteiger partial charge in [-0.25, -0.2) is 4.79 Å². The largest absolute Gasteiger partial charge is 0.464 e. The molecule has 118 valence electrons. The molecule has 0 saturated carbocycles. The van der Waals surface area contributed by atoms with E-state index in [1.54, 1.807) is 0 Å². The molecule has 24 heavy (non-hydrogen) atoms. The zero-order chi connectivity index (χ0) is 16.5. The van der Waals surface area contributed by atoms with Gasteiger partial charge in [-0.05, 0) is 28.5 Å². The van der Waals surface area contributed by atoms with Crippen LogP contribution in [-0.4, -0.2) is 17.6 Å². The topological polar surface area (TPSA) is 31.2 Å². The molecule has 0 saturated heterocycles. The molecule has 1 heterocycles. The molecule has 0 aliphatic heterocycles. The molecule has 0 spiro atoms. The highest BCUT2D eigenvalue weighted by molar-refractivity contribution is 6.08. The summed E-state index contributed by atoms with van der Waals surface area (Å²) in [5, 5.41) is 4.26. The van der Waals surface area contributed by atoms with Crippen LogP contribution in [0.4, 0.5) is 0 Å². The predicted molar refractivity (Wildman–Crippen MR) is 96.3 cm³/mol. The highest BCUT2D eigenvalue weighted by Crippen LogP contribution is 2.28. The van der Waals surface area contributed by atoms with Crippen LogP contribution in [-0.2, 0) is 11.3 Å². The highest BCUT2D eigenvalue weighted by Gasteiger charge is 2.18. The smallest absolute Gasteiger partial charge is 0.355 e. The molecule has 4 aromatic rings. The Kier molecular flexibility index (Phi) is 3.54. The van der Waals surface area contributed by atoms with E-state index in [1.807, 2.05) is 41.1 Å². The van der Waals surface area contributed by atoms with Crippen LogP contribution < -0.4 is 0 Å². The molecule has 0 amide bonds. The molecule has 0 aliphatic rings. The van der Waals surface area contributed by atoms with E-state index in [0.717, 1.165) is 21.7 Å². The third kappa shape index (κ3) is 2.44. The van der Waals surface area contributed by atoms with Gasteiger partial charge in [0.05, 0.1) is 7.11 Å². The monoisotopic (exact) mass is 315 g/mol. The van der Waals surface area contributed by atoms with Crippen molar-refractivity contribution in [3.8, 4) is 0 Å². The molecule has 1 aromatic heterocycles. The van der Waals surface area contributed by atoms with Crippen LogP contribution in [0, 0.1) is 0 Å². The Bertz CT molecular complexity index is 1030. The van der Waals surface area contributed by atoms with Crippen molar-refractivity contribution in [2.75, 3.05) is 7.11 Å². The number of benzene rings is 3. The predicted octanol–water partition coefficient (Wildman–Crippen LogP) is 4.63. The number of hydrogen-bond donors (Lipinski definition) is 0. The number of esters is 1. The molecular formula is C21H17NO2. The maximum absolute atomic E-state index is 12.4. The van der Waals surface area contributed by atoms with Crippen molar-refractivity contribution >= 4 is 27.5 Å². The average Bonchev–Trinajstić information content (AvgIpc) is 2.96. The normalized spacial score (nSPS) is 11.0. The second kappa shape index (κ2) is 5.85. The third-order valence-corrected chi connectivity index (χ3v) is 4.33. The number of nitrogens with zero attached hydrogens (tertiary/aromatic N) is 1. The van der Waals surface area contributed by atoms with Crippen molar-refractivity contribution in [3.63, 3.8) is 0 Å². The second-order valence-corrected chi connectivity index (χ2v) is 5.87. The highest BCUT2D eigenvalue weighted by atomic mass is 16.5. The van der Waals surface area contributed by atoms with E-state index in [4.69, 9.17) is 4.74 Å². The fourth-order valence-electron chi connectivity index (χ4n) is 3.19. The maximum atomic E-state index is 12.4. The molecule has 0 fully saturated rings. The van der Waals surface area contributed by atoms with Crippen molar-refractivity contribution in [1.29, 1.82) is 0 Å². The van der Waals surface area contributed by atoms with Crippen molar-refractivity contribution in [2.24, 2.45) is 0 Å². The number of carbonyl (C=O) groups is 1. The van der Waals surface area contributed by atoms with Crippen LogP contribution in [0.25, 0.3) is 21.5 Å². The maximum Gasteiger partial charge on any atom is 0.355 e. The van der Waals surface area contributed by atoms with Gasteiger partial charge < -0.3 is 9.30 Å². The van der Waals surface area contributed by atoms with Gasteiger partial charge in [-0.15, -0.1) is 0 Å². The van der Waals surface area contributed by atoms with Gasteiger partial charge >= 0.3 is 5.97 Å². The average molecular weight is 315 g/mol. The summed E-state index contributed by atoms with van der Waals surface area (Å²) in [5.41, 5.74) is 1.75. The molecule has 3 aromatic carbocycles. The Hall–Kier alpha value is -3.07. The first kappa shape index (κ1) is 14.5. The lowest BCUT2D eigenvalue weighted by Crippen LogP contribution is -2.11. The lowest BCUT2D eigenvalue weighted by Gasteiger charge is -2.08. The van der Waals surface area contributed by atoms with E-state index in [-0.39, 0.29) is 5.97 Å². The van der Waals surface area contributed by atoms with Crippen LogP contribution in [0.5, 0.6) is 0 Å². The number of fused-ring (bicyclic) bond motifs is 2. The van der Waals surface area contributed by atoms with Gasteiger partial charge in [-0.2, -0.15) is 0 Å². The van der Waals surface area contributed by atoms with E-state index in [9.17, 15) is 4.79 Å². The van der Waals surface area contributed by atoms with Crippen molar-refractivity contribution in [1.82, 2.24) is 4.57 Å². The van der Waals surface area contributed by atoms with Gasteiger partial charge in [0.2, 0.25) is 0 Å². The SMILES string of the molecule is COC(=O)c1c2cc3ccccc3cc2cn1Cc1ccccc1. The second-order valence-electron chi connectivity index (χ2n) is 5.87. The Morgan fingerprint density at radius 2 is 1.58 bits per heavy atom. The number of hydrogen-bond acceptors (Lipinski definition) is 2. The molecule has 0 N–H and O–H groups in total. The molecule has 0 unspecified atom stereocenters. The summed E-state index contributed by atoms with van der Waals surface area (Å²) < 4.78 is 7.01. The Labute approximate surface area is 140 Å². The van der Waals surface area contributed by atoms with Gasteiger partial charge in [0.15, 0.2) is 0 Å². The number of ether oxygens (including phenoxy) is 1. The minimum Gasteiger partial charge on any atom is -0.464 e. The van der Waals surface area contributed by atoms with Crippen LogP contribution in [0.3, 0.4) is 0 Å². The van der Waals surface area contributed by atoms with Gasteiger partial charge in [0, 0.05) is 23.5 Å². The Morgan fingerprint density at radius 1 is 0.917 bits per heavy atom. The standard InChI is InChI=1S/C21H17NO2/c1-24-21(23)20-19-12-17-10-6-5-9-16(17)11-18(19)14-22(20)13-15-7-3-2-4-8-15/h2-12,14H,13H2,1H3. The Morgan fingerprint density at radius 3 is 2.29 bits per heavy atom. The van der Waals surface area contributed by atoms with Gasteiger partial charge in [0.1, 0.15) is 5.69 Å². The Balaban J connectivity index is 1.94. The first-order chi connectivity index (χ1) is 11.8. The van der Waals surface area contributed by atoms with Crippen LogP contribution in [0.1, 0.15) is 16.1 Å². The number of aromatic nitrogens is 1. The molecule has 3 nitrogen and oxygen atoms in total. The molecule has 0 atom stereocenters. The molecular weight excluding hydrogens is 298 g/mol. The summed E-state index contributed by atoms with van der Waals surface area (Å²) in [4.78, 5) is 12.4. The van der Waals surface area contributed by atoms with Crippen LogP contribution in [0.15, 0.2) is 72.9 Å². The van der Waals surface area contributed by atoms with Crippen LogP contribution in [0.2, 0.25) is 0 Å². The van der Waals surface area contributed by atoms with E-state index in [0.29, 0.717) is 12.2 Å². The zero-order valence-corrected chi connectivity index (χ0v) is 13.4. The van der Waals surface area contributed by atoms with E-state index < -0.39 is 0 Å². The first-order valence-corrected chi connectivity index (χ1v) is 7.90. The number of rotatable bonds is 3. The lowest BCUT2D eigenvalue weighted by atomic mass is 10.1. The minimum absolute atomic E-state index is 0.309. The van der Waals surface area contributed by atoms with E-state index >= 15 is 0 Å². The van der Waals surface area contributed by atoms with Gasteiger partial charge in [0.25, 0.3) is 0 Å². The minimum atomic E-state index is -0.309. The zero-order valence-electron chi connectivity index (χ0n) is 13.4. The number of methoxy groups -OCH3 is 1. The quantitative estimate of drug-likeness (QED) is 0.516. The van der Waals surface area contributed by atoms with Crippen molar-refractivity contribution in [3.05, 3.63) is 84.2 Å². The van der Waals surface area contributed by atoms with Crippen LogP contribution >= 0.6 is 0 Å². The van der Waals surface area contributed by atoms with E-state index in [1.165, 1.54) is 12.5 Å². The summed E-state index contributed by atoms with van der Waals surface area (Å²) >= 11 is 0. The van der Waals surface area contributed by atoms with Gasteiger partial charge in [-0.3, -0.25) is 0 Å². The summed E-state index contributed by atoms with van der Waals surface area (Å²) in [7, 11) is 1.43. The molecule has 3 heteroatoms. The van der Waals surface area contributed by atoms with Gasteiger partial charge in [-0.1, -0.05) is 54.6 Å². The third-order valence-electron chi connectivity index (χ3n) is 4.33.